The number of benzene rings is 1. The third kappa shape index (κ3) is 5.21. The number of amides is 1. The highest BCUT2D eigenvalue weighted by atomic mass is 16.5. The van der Waals surface area contributed by atoms with Crippen LogP contribution in [0.3, 0.4) is 0 Å². The van der Waals surface area contributed by atoms with Gasteiger partial charge in [0.05, 0.1) is 6.61 Å². The Bertz CT molecular complexity index is 938. The summed E-state index contributed by atoms with van der Waals surface area (Å²) in [6.45, 7) is 12.1. The van der Waals surface area contributed by atoms with E-state index in [0.717, 1.165) is 43.7 Å². The lowest BCUT2D eigenvalue weighted by Gasteiger charge is -2.36. The number of rotatable bonds is 7. The molecule has 0 spiro atoms. The molecule has 0 saturated carbocycles. The summed E-state index contributed by atoms with van der Waals surface area (Å²) in [5.41, 5.74) is 1.79. The zero-order valence-electron chi connectivity index (χ0n) is 19.7. The first kappa shape index (κ1) is 22.5. The average molecular weight is 438 g/mol. The highest BCUT2D eigenvalue weighted by molar-refractivity contribution is 6.05. The van der Waals surface area contributed by atoms with Gasteiger partial charge in [0.25, 0.3) is 5.91 Å². The summed E-state index contributed by atoms with van der Waals surface area (Å²) in [4.78, 5) is 27.1. The van der Waals surface area contributed by atoms with E-state index in [-0.39, 0.29) is 11.9 Å². The Morgan fingerprint density at radius 3 is 2.72 bits per heavy atom. The van der Waals surface area contributed by atoms with Crippen molar-refractivity contribution in [2.45, 2.75) is 59.0 Å². The summed E-state index contributed by atoms with van der Waals surface area (Å²) in [7, 11) is 0. The lowest BCUT2D eigenvalue weighted by atomic mass is 9.95. The molecule has 172 valence electrons. The van der Waals surface area contributed by atoms with Crippen molar-refractivity contribution >= 4 is 17.7 Å². The Hall–Kier alpha value is -2.67. The SMILES string of the molecule is CC(C)Nc1nccc(N(CC2CCN(C(C)C)CC2)C(=O)c2ccc3c(c2)CCO3)n1. The van der Waals surface area contributed by atoms with E-state index < -0.39 is 0 Å². The molecule has 2 aliphatic rings. The van der Waals surface area contributed by atoms with E-state index in [1.807, 2.05) is 43.0 Å². The van der Waals surface area contributed by atoms with Gasteiger partial charge in [-0.25, -0.2) is 4.98 Å². The van der Waals surface area contributed by atoms with Gasteiger partial charge in [0.2, 0.25) is 5.95 Å². The van der Waals surface area contributed by atoms with E-state index in [2.05, 4.69) is 34.0 Å². The molecular weight excluding hydrogens is 402 g/mol. The van der Waals surface area contributed by atoms with Crippen molar-refractivity contribution in [2.75, 3.05) is 36.5 Å². The molecule has 1 saturated heterocycles. The molecule has 1 amide bonds. The van der Waals surface area contributed by atoms with Gasteiger partial charge in [0, 0.05) is 36.8 Å². The number of aromatic nitrogens is 2. The number of carbonyl (C=O) groups is 1. The number of nitrogens with zero attached hydrogens (tertiary/aromatic N) is 4. The molecule has 4 rings (SSSR count). The molecule has 1 aromatic heterocycles. The highest BCUT2D eigenvalue weighted by Crippen LogP contribution is 2.28. The van der Waals surface area contributed by atoms with E-state index >= 15 is 0 Å². The Balaban J connectivity index is 1.59. The van der Waals surface area contributed by atoms with Gasteiger partial charge in [0.1, 0.15) is 11.6 Å². The van der Waals surface area contributed by atoms with Crippen LogP contribution in [-0.4, -0.2) is 59.1 Å². The van der Waals surface area contributed by atoms with Crippen LogP contribution >= 0.6 is 0 Å². The van der Waals surface area contributed by atoms with Gasteiger partial charge < -0.3 is 15.0 Å². The lowest BCUT2D eigenvalue weighted by molar-refractivity contribution is 0.0969. The van der Waals surface area contributed by atoms with E-state index in [1.54, 1.807) is 6.20 Å². The fraction of sp³-hybridized carbons (Fsp3) is 0.560. The minimum Gasteiger partial charge on any atom is -0.493 e. The van der Waals surface area contributed by atoms with Crippen LogP contribution < -0.4 is 15.0 Å². The molecule has 7 heteroatoms. The molecule has 32 heavy (non-hydrogen) atoms. The van der Waals surface area contributed by atoms with E-state index in [0.29, 0.717) is 42.4 Å². The Morgan fingerprint density at radius 1 is 1.22 bits per heavy atom. The summed E-state index contributed by atoms with van der Waals surface area (Å²) in [6.07, 6.45) is 4.75. The van der Waals surface area contributed by atoms with Crippen LogP contribution in [0.1, 0.15) is 56.5 Å². The average Bonchev–Trinajstić information content (AvgIpc) is 3.25. The molecule has 0 bridgehead atoms. The minimum absolute atomic E-state index is 0.0137. The predicted molar refractivity (Wildman–Crippen MR) is 128 cm³/mol. The third-order valence-electron chi connectivity index (χ3n) is 6.34. The predicted octanol–water partition coefficient (Wildman–Crippen LogP) is 4.00. The topological polar surface area (TPSA) is 70.6 Å². The van der Waals surface area contributed by atoms with E-state index in [4.69, 9.17) is 4.74 Å². The first-order chi connectivity index (χ1) is 15.4. The number of ether oxygens (including phenoxy) is 1. The lowest BCUT2D eigenvalue weighted by Crippen LogP contribution is -2.43. The van der Waals surface area contributed by atoms with Crippen molar-refractivity contribution in [2.24, 2.45) is 5.92 Å². The van der Waals surface area contributed by atoms with Crippen molar-refractivity contribution < 1.29 is 9.53 Å². The highest BCUT2D eigenvalue weighted by Gasteiger charge is 2.28. The maximum Gasteiger partial charge on any atom is 0.259 e. The van der Waals surface area contributed by atoms with Crippen LogP contribution in [0.15, 0.2) is 30.5 Å². The molecule has 0 unspecified atom stereocenters. The molecule has 7 nitrogen and oxygen atoms in total. The van der Waals surface area contributed by atoms with Crippen LogP contribution in [-0.2, 0) is 6.42 Å². The van der Waals surface area contributed by atoms with Gasteiger partial charge in [-0.2, -0.15) is 4.98 Å². The maximum atomic E-state index is 13.7. The molecule has 2 aliphatic heterocycles. The first-order valence-electron chi connectivity index (χ1n) is 11.8. The zero-order valence-corrected chi connectivity index (χ0v) is 19.7. The Labute approximate surface area is 191 Å². The smallest absolute Gasteiger partial charge is 0.259 e. The number of hydrogen-bond acceptors (Lipinski definition) is 6. The Kier molecular flexibility index (Phi) is 6.94. The van der Waals surface area contributed by atoms with Crippen LogP contribution in [0.2, 0.25) is 0 Å². The molecule has 0 radical (unpaired) electrons. The van der Waals surface area contributed by atoms with Gasteiger partial charge in [-0.05, 0) is 89.4 Å². The molecule has 1 aromatic carbocycles. The fourth-order valence-corrected chi connectivity index (χ4v) is 4.49. The number of hydrogen-bond donors (Lipinski definition) is 1. The minimum atomic E-state index is -0.0137. The summed E-state index contributed by atoms with van der Waals surface area (Å²) in [5, 5.41) is 3.25. The van der Waals surface area contributed by atoms with Crippen LogP contribution in [0.5, 0.6) is 5.75 Å². The quantitative estimate of drug-likeness (QED) is 0.706. The molecule has 1 N–H and O–H groups in total. The van der Waals surface area contributed by atoms with Crippen molar-refractivity contribution in [3.8, 4) is 5.75 Å². The fourth-order valence-electron chi connectivity index (χ4n) is 4.49. The third-order valence-corrected chi connectivity index (χ3v) is 6.34. The van der Waals surface area contributed by atoms with Crippen molar-refractivity contribution in [1.82, 2.24) is 14.9 Å². The monoisotopic (exact) mass is 437 g/mol. The zero-order chi connectivity index (χ0) is 22.7. The van der Waals surface area contributed by atoms with Gasteiger partial charge in [-0.3, -0.25) is 9.69 Å². The standard InChI is InChI=1S/C25H35N5O2/c1-17(2)27-25-26-11-7-23(28-25)30(16-19-8-12-29(13-9-19)18(3)4)24(31)21-5-6-22-20(15-21)10-14-32-22/h5-7,11,15,17-19H,8-10,12-14,16H2,1-4H3,(H,26,27,28). The second-order valence-corrected chi connectivity index (χ2v) is 9.45. The first-order valence-corrected chi connectivity index (χ1v) is 11.8. The molecule has 0 atom stereocenters. The number of carbonyl (C=O) groups excluding carboxylic acids is 1. The van der Waals surface area contributed by atoms with E-state index in [9.17, 15) is 4.79 Å². The number of anilines is 2. The second-order valence-electron chi connectivity index (χ2n) is 9.45. The van der Waals surface area contributed by atoms with Gasteiger partial charge >= 0.3 is 0 Å². The van der Waals surface area contributed by atoms with Crippen LogP contribution in [0.25, 0.3) is 0 Å². The summed E-state index contributed by atoms with van der Waals surface area (Å²) >= 11 is 0. The van der Waals surface area contributed by atoms with Gasteiger partial charge in [0.15, 0.2) is 0 Å². The second kappa shape index (κ2) is 9.86. The van der Waals surface area contributed by atoms with Crippen molar-refractivity contribution in [1.29, 1.82) is 0 Å². The Morgan fingerprint density at radius 2 is 2.00 bits per heavy atom. The normalized spacial score (nSPS) is 16.8. The summed E-state index contributed by atoms with van der Waals surface area (Å²) in [6, 6.07) is 8.38. The summed E-state index contributed by atoms with van der Waals surface area (Å²) in [5.74, 6) is 2.52. The van der Waals surface area contributed by atoms with Crippen LogP contribution in [0.4, 0.5) is 11.8 Å². The molecule has 2 aromatic rings. The van der Waals surface area contributed by atoms with Gasteiger partial charge in [-0.15, -0.1) is 0 Å². The number of fused-ring (bicyclic) bond motifs is 1. The molecule has 1 fully saturated rings. The maximum absolute atomic E-state index is 13.7. The molecule has 0 aliphatic carbocycles. The van der Waals surface area contributed by atoms with E-state index in [1.165, 1.54) is 0 Å². The van der Waals surface area contributed by atoms with Crippen molar-refractivity contribution in [3.63, 3.8) is 0 Å². The number of likely N-dealkylation sites (tertiary alicyclic amines) is 1. The largest absolute Gasteiger partial charge is 0.493 e. The van der Waals surface area contributed by atoms with Crippen molar-refractivity contribution in [3.05, 3.63) is 41.6 Å². The number of piperidine rings is 1. The molecule has 3 heterocycles. The van der Waals surface area contributed by atoms with Crippen LogP contribution in [0, 0.1) is 5.92 Å². The number of nitrogens with one attached hydrogen (secondary N) is 1. The summed E-state index contributed by atoms with van der Waals surface area (Å²) < 4.78 is 5.62. The molecular formula is C25H35N5O2. The van der Waals surface area contributed by atoms with Gasteiger partial charge in [-0.1, -0.05) is 0 Å².